The number of nitrogens with zero attached hydrogens (tertiary/aromatic N) is 2. The van der Waals surface area contributed by atoms with Crippen molar-refractivity contribution >= 4 is 27.6 Å². The number of carbonyl (C=O) groups is 1. The van der Waals surface area contributed by atoms with E-state index >= 15 is 0 Å². The molecule has 0 saturated carbocycles. The minimum absolute atomic E-state index is 0.324. The molecule has 1 heterocycles. The number of benzene rings is 2. The van der Waals surface area contributed by atoms with E-state index < -0.39 is 10.2 Å². The molecule has 31 heavy (non-hydrogen) atoms. The van der Waals surface area contributed by atoms with Gasteiger partial charge in [-0.25, -0.2) is 4.79 Å². The SMILES string of the molecule is COC(=O)c1ccc(CNC2CCN(c3ccc(NS(=O)(=O)N(C)C)cc3)CC2)cc1. The normalized spacial score (nSPS) is 15.2. The average molecular weight is 447 g/mol. The molecule has 1 fully saturated rings. The zero-order valence-corrected chi connectivity index (χ0v) is 19.0. The number of ether oxygens (including phenoxy) is 1. The molecule has 0 aromatic heterocycles. The summed E-state index contributed by atoms with van der Waals surface area (Å²) < 4.78 is 32.3. The maximum absolute atomic E-state index is 11.9. The highest BCUT2D eigenvalue weighted by atomic mass is 32.2. The summed E-state index contributed by atoms with van der Waals surface area (Å²) in [5, 5.41) is 3.59. The van der Waals surface area contributed by atoms with Gasteiger partial charge in [0.05, 0.1) is 12.7 Å². The standard InChI is InChI=1S/C22H30N4O4S/c1-25(2)31(28,29)24-20-8-10-21(11-9-20)26-14-12-19(13-15-26)23-16-17-4-6-18(7-5-17)22(27)30-3/h4-11,19,23-24H,12-16H2,1-3H3. The van der Waals surface area contributed by atoms with Crippen LogP contribution in [0.5, 0.6) is 0 Å². The Bertz CT molecular complexity index is 968. The summed E-state index contributed by atoms with van der Waals surface area (Å²) in [4.78, 5) is 13.8. The molecule has 168 valence electrons. The number of anilines is 2. The minimum atomic E-state index is -3.50. The maximum Gasteiger partial charge on any atom is 0.337 e. The van der Waals surface area contributed by atoms with Crippen molar-refractivity contribution < 1.29 is 17.9 Å². The van der Waals surface area contributed by atoms with Gasteiger partial charge in [0.15, 0.2) is 0 Å². The van der Waals surface area contributed by atoms with Crippen molar-refractivity contribution in [3.05, 3.63) is 59.7 Å². The monoisotopic (exact) mass is 446 g/mol. The van der Waals surface area contributed by atoms with Crippen molar-refractivity contribution in [2.45, 2.75) is 25.4 Å². The van der Waals surface area contributed by atoms with Crippen LogP contribution < -0.4 is 14.9 Å². The number of piperidine rings is 1. The maximum atomic E-state index is 11.9. The third-order valence-electron chi connectivity index (χ3n) is 5.42. The average Bonchev–Trinajstić information content (AvgIpc) is 2.78. The molecule has 2 aromatic carbocycles. The van der Waals surface area contributed by atoms with E-state index in [2.05, 4.69) is 14.9 Å². The molecule has 3 rings (SSSR count). The predicted octanol–water partition coefficient (Wildman–Crippen LogP) is 2.45. The van der Waals surface area contributed by atoms with Gasteiger partial charge in [0.25, 0.3) is 0 Å². The molecule has 0 unspecified atom stereocenters. The quantitative estimate of drug-likeness (QED) is 0.606. The first-order valence-corrected chi connectivity index (χ1v) is 11.7. The topological polar surface area (TPSA) is 91.0 Å². The minimum Gasteiger partial charge on any atom is -0.465 e. The van der Waals surface area contributed by atoms with Crippen LogP contribution in [0, 0.1) is 0 Å². The van der Waals surface area contributed by atoms with E-state index in [1.54, 1.807) is 24.3 Å². The molecule has 0 spiro atoms. The number of hydrogen-bond donors (Lipinski definition) is 2. The van der Waals surface area contributed by atoms with E-state index in [4.69, 9.17) is 4.74 Å². The van der Waals surface area contributed by atoms with Crippen molar-refractivity contribution in [1.29, 1.82) is 0 Å². The summed E-state index contributed by atoms with van der Waals surface area (Å²) in [6.07, 6.45) is 2.05. The molecule has 1 aliphatic rings. The highest BCUT2D eigenvalue weighted by molar-refractivity contribution is 7.90. The lowest BCUT2D eigenvalue weighted by molar-refractivity contribution is 0.0600. The van der Waals surface area contributed by atoms with Gasteiger partial charge in [0, 0.05) is 51.1 Å². The molecule has 0 atom stereocenters. The predicted molar refractivity (Wildman–Crippen MR) is 123 cm³/mol. The molecule has 1 saturated heterocycles. The van der Waals surface area contributed by atoms with Crippen molar-refractivity contribution in [3.8, 4) is 0 Å². The molecule has 1 aliphatic heterocycles. The van der Waals surface area contributed by atoms with E-state index in [1.807, 2.05) is 24.3 Å². The summed E-state index contributed by atoms with van der Waals surface area (Å²) in [5.74, 6) is -0.324. The Kier molecular flexibility index (Phi) is 7.53. The highest BCUT2D eigenvalue weighted by Crippen LogP contribution is 2.23. The number of esters is 1. The van der Waals surface area contributed by atoms with Crippen LogP contribution in [0.1, 0.15) is 28.8 Å². The third kappa shape index (κ3) is 6.19. The van der Waals surface area contributed by atoms with Gasteiger partial charge in [-0.3, -0.25) is 4.72 Å². The molecule has 2 aromatic rings. The molecule has 0 aliphatic carbocycles. The first-order valence-electron chi connectivity index (χ1n) is 10.2. The fourth-order valence-corrected chi connectivity index (χ4v) is 4.08. The van der Waals surface area contributed by atoms with E-state index in [0.29, 0.717) is 17.3 Å². The van der Waals surface area contributed by atoms with Gasteiger partial charge in [-0.1, -0.05) is 12.1 Å². The Hall–Kier alpha value is -2.62. The van der Waals surface area contributed by atoms with Crippen LogP contribution >= 0.6 is 0 Å². The smallest absolute Gasteiger partial charge is 0.337 e. The summed E-state index contributed by atoms with van der Waals surface area (Å²) in [5.41, 5.74) is 3.32. The Morgan fingerprint density at radius 3 is 2.23 bits per heavy atom. The number of hydrogen-bond acceptors (Lipinski definition) is 6. The lowest BCUT2D eigenvalue weighted by Gasteiger charge is -2.34. The Labute approximate surface area is 184 Å². The summed E-state index contributed by atoms with van der Waals surface area (Å²) in [7, 11) is 0.870. The van der Waals surface area contributed by atoms with Gasteiger partial charge < -0.3 is 15.0 Å². The van der Waals surface area contributed by atoms with Crippen LogP contribution in [-0.2, 0) is 21.5 Å². The molecule has 8 nitrogen and oxygen atoms in total. The molecule has 0 radical (unpaired) electrons. The van der Waals surface area contributed by atoms with Gasteiger partial charge in [-0.2, -0.15) is 12.7 Å². The van der Waals surface area contributed by atoms with Crippen LogP contribution in [0.15, 0.2) is 48.5 Å². The van der Waals surface area contributed by atoms with Crippen molar-refractivity contribution in [2.24, 2.45) is 0 Å². The zero-order chi connectivity index (χ0) is 22.4. The first-order chi connectivity index (χ1) is 14.8. The number of methoxy groups -OCH3 is 1. The number of carbonyl (C=O) groups excluding carboxylic acids is 1. The van der Waals surface area contributed by atoms with E-state index in [-0.39, 0.29) is 5.97 Å². The van der Waals surface area contributed by atoms with Gasteiger partial charge >= 0.3 is 16.2 Å². The second-order valence-corrected chi connectivity index (χ2v) is 9.65. The molecule has 2 N–H and O–H groups in total. The number of rotatable bonds is 8. The lowest BCUT2D eigenvalue weighted by atomic mass is 10.0. The van der Waals surface area contributed by atoms with Crippen molar-refractivity contribution in [1.82, 2.24) is 9.62 Å². The van der Waals surface area contributed by atoms with Gasteiger partial charge in [0.1, 0.15) is 0 Å². The largest absolute Gasteiger partial charge is 0.465 e. The van der Waals surface area contributed by atoms with Crippen molar-refractivity contribution in [3.63, 3.8) is 0 Å². The second kappa shape index (κ2) is 10.1. The third-order valence-corrected chi connectivity index (χ3v) is 6.88. The van der Waals surface area contributed by atoms with E-state index in [0.717, 1.165) is 48.0 Å². The molecular weight excluding hydrogens is 416 g/mol. The zero-order valence-electron chi connectivity index (χ0n) is 18.2. The lowest BCUT2D eigenvalue weighted by Crippen LogP contribution is -2.42. The van der Waals surface area contributed by atoms with Crippen LogP contribution in [0.2, 0.25) is 0 Å². The van der Waals surface area contributed by atoms with Gasteiger partial charge in [-0.05, 0) is 54.8 Å². The van der Waals surface area contributed by atoms with Crippen LogP contribution in [0.3, 0.4) is 0 Å². The van der Waals surface area contributed by atoms with Crippen molar-refractivity contribution in [2.75, 3.05) is 43.9 Å². The molecule has 0 amide bonds. The summed E-state index contributed by atoms with van der Waals surface area (Å²) in [6.45, 7) is 2.62. The van der Waals surface area contributed by atoms with Crippen LogP contribution in [0.4, 0.5) is 11.4 Å². The highest BCUT2D eigenvalue weighted by Gasteiger charge is 2.19. The summed E-state index contributed by atoms with van der Waals surface area (Å²) >= 11 is 0. The molecular formula is C22H30N4O4S. The molecule has 0 bridgehead atoms. The Morgan fingerprint density at radius 2 is 1.68 bits per heavy atom. The summed E-state index contributed by atoms with van der Waals surface area (Å²) in [6, 6.07) is 15.4. The number of nitrogens with one attached hydrogen (secondary N) is 2. The van der Waals surface area contributed by atoms with E-state index in [9.17, 15) is 13.2 Å². The van der Waals surface area contributed by atoms with Crippen LogP contribution in [-0.4, -0.2) is 59.0 Å². The van der Waals surface area contributed by atoms with Gasteiger partial charge in [-0.15, -0.1) is 0 Å². The Balaban J connectivity index is 1.46. The molecule has 9 heteroatoms. The first kappa shape index (κ1) is 23.1. The van der Waals surface area contributed by atoms with E-state index in [1.165, 1.54) is 21.2 Å². The fraction of sp³-hybridized carbons (Fsp3) is 0.409. The Morgan fingerprint density at radius 1 is 1.06 bits per heavy atom. The van der Waals surface area contributed by atoms with Crippen LogP contribution in [0.25, 0.3) is 0 Å². The van der Waals surface area contributed by atoms with Gasteiger partial charge in [0.2, 0.25) is 0 Å². The fourth-order valence-electron chi connectivity index (χ4n) is 3.46. The second-order valence-electron chi connectivity index (χ2n) is 7.77.